The van der Waals surface area contributed by atoms with Crippen LogP contribution in [0.3, 0.4) is 0 Å². The highest BCUT2D eigenvalue weighted by Crippen LogP contribution is 2.41. The van der Waals surface area contributed by atoms with Crippen molar-refractivity contribution in [3.63, 3.8) is 0 Å². The van der Waals surface area contributed by atoms with Gasteiger partial charge >= 0.3 is 14.4 Å². The summed E-state index contributed by atoms with van der Waals surface area (Å²) in [6.45, 7) is 2.83. The van der Waals surface area contributed by atoms with Gasteiger partial charge in [0.2, 0.25) is 5.95 Å². The molecule has 1 unspecified atom stereocenters. The Hall–Kier alpha value is -4.63. The van der Waals surface area contributed by atoms with Crippen LogP contribution in [-0.4, -0.2) is 63.0 Å². The second-order valence-corrected chi connectivity index (χ2v) is 11.7. The van der Waals surface area contributed by atoms with Crippen molar-refractivity contribution in [3.8, 4) is 16.9 Å². The second-order valence-electron chi connectivity index (χ2n) is 10.8. The molecular formula is C31H34F3N7O6P+. The molecule has 0 aliphatic carbocycles. The predicted molar refractivity (Wildman–Crippen MR) is 170 cm³/mol. The lowest BCUT2D eigenvalue weighted by Gasteiger charge is -2.17. The quantitative estimate of drug-likeness (QED) is 0.0937. The fraction of sp³-hybridized carbons (Fsp3) is 0.355. The zero-order chi connectivity index (χ0) is 34.4. The van der Waals surface area contributed by atoms with Crippen LogP contribution >= 0.6 is 8.25 Å². The van der Waals surface area contributed by atoms with Gasteiger partial charge in [-0.15, -0.1) is 9.05 Å². The smallest absolute Gasteiger partial charge is 0.495 e. The van der Waals surface area contributed by atoms with Crippen LogP contribution in [0.5, 0.6) is 5.75 Å². The molecule has 48 heavy (non-hydrogen) atoms. The number of nitrogens with zero attached hydrogens (tertiary/aromatic N) is 5. The summed E-state index contributed by atoms with van der Waals surface area (Å²) in [7, 11) is 0.740. The molecule has 4 aromatic rings. The number of methoxy groups -OCH3 is 1. The van der Waals surface area contributed by atoms with Gasteiger partial charge in [-0.25, -0.2) is 4.98 Å². The van der Waals surface area contributed by atoms with Crippen LogP contribution in [-0.2, 0) is 39.5 Å². The third-order valence-corrected chi connectivity index (χ3v) is 8.25. The molecule has 1 aliphatic heterocycles. The van der Waals surface area contributed by atoms with E-state index in [1.54, 1.807) is 55.2 Å². The molecule has 0 radical (unpaired) electrons. The third-order valence-electron chi connectivity index (χ3n) is 7.44. The molecule has 0 fully saturated rings. The average molecular weight is 689 g/mol. The number of hydrogen-bond donors (Lipinski definition) is 3. The van der Waals surface area contributed by atoms with Crippen molar-refractivity contribution in [2.45, 2.75) is 45.6 Å². The molecule has 1 atom stereocenters. The van der Waals surface area contributed by atoms with Crippen molar-refractivity contribution >= 4 is 37.3 Å². The van der Waals surface area contributed by atoms with Gasteiger partial charge in [0.15, 0.2) is 0 Å². The number of aliphatic hydroxyl groups excluding tert-OH is 1. The molecule has 1 aliphatic rings. The first-order valence-corrected chi connectivity index (χ1v) is 16.0. The summed E-state index contributed by atoms with van der Waals surface area (Å²) in [4.78, 5) is 22.8. The SMILES string of the molecule is CCO[P+](=O)OCc1ccc(Nc2ncc(C(F)(F)F)c(Nc3ccc(-c4cnn(CCCCO)c4)c4c3C(=O)N(C)C4)n2)c(OC)c1. The summed E-state index contributed by atoms with van der Waals surface area (Å²) in [6.07, 6.45) is 0.734. The van der Waals surface area contributed by atoms with Gasteiger partial charge in [0.25, 0.3) is 5.91 Å². The summed E-state index contributed by atoms with van der Waals surface area (Å²) in [5, 5.41) is 19.1. The molecule has 1 amide bonds. The van der Waals surface area contributed by atoms with Crippen molar-refractivity contribution in [2.24, 2.45) is 0 Å². The number of hydrogen-bond acceptors (Lipinski definition) is 11. The van der Waals surface area contributed by atoms with Crippen molar-refractivity contribution < 1.29 is 41.4 Å². The topological polar surface area (TPSA) is 153 Å². The number of nitrogens with one attached hydrogen (secondary N) is 2. The maximum Gasteiger partial charge on any atom is 0.697 e. The molecule has 0 spiro atoms. The number of ether oxygens (including phenoxy) is 1. The lowest BCUT2D eigenvalue weighted by Crippen LogP contribution is -2.18. The molecular weight excluding hydrogens is 654 g/mol. The minimum Gasteiger partial charge on any atom is -0.495 e. The summed E-state index contributed by atoms with van der Waals surface area (Å²) in [6, 6.07) is 8.12. The molecule has 0 saturated heterocycles. The first kappa shape index (κ1) is 34.7. The van der Waals surface area contributed by atoms with E-state index in [-0.39, 0.29) is 49.5 Å². The van der Waals surface area contributed by atoms with Crippen LogP contribution in [0.15, 0.2) is 48.9 Å². The molecule has 0 bridgehead atoms. The number of halogens is 3. The zero-order valence-corrected chi connectivity index (χ0v) is 27.3. The Bertz CT molecular complexity index is 1800. The second kappa shape index (κ2) is 15.1. The van der Waals surface area contributed by atoms with Gasteiger partial charge in [0, 0.05) is 49.3 Å². The van der Waals surface area contributed by atoms with Crippen LogP contribution < -0.4 is 15.4 Å². The first-order chi connectivity index (χ1) is 23.0. The maximum atomic E-state index is 14.2. The standard InChI is InChI=1S/C31H33F3N7O6P/c1-4-46-48(44)47-18-19-7-9-24(26(13-19)45-3)38-30-35-15-23(31(32,33)34)28(39-30)37-25-10-8-21(22-17-40(2)29(43)27(22)25)20-14-36-41(16-20)11-5-6-12-42/h7-10,13-16,42H,4-6,11-12,17-18H2,1-3H3,(H-,35,37,38,39,43)/p+1. The number of rotatable bonds is 15. The molecule has 17 heteroatoms. The average Bonchev–Trinajstić information content (AvgIpc) is 3.64. The Kier molecular flexibility index (Phi) is 10.9. The lowest BCUT2D eigenvalue weighted by molar-refractivity contribution is -0.137. The van der Waals surface area contributed by atoms with Gasteiger partial charge in [-0.05, 0) is 54.7 Å². The Labute approximate surface area is 275 Å². The molecule has 0 saturated carbocycles. The molecule has 2 aromatic heterocycles. The van der Waals surface area contributed by atoms with Gasteiger partial charge in [-0.1, -0.05) is 12.1 Å². The molecule has 3 heterocycles. The number of unbranched alkanes of at least 4 members (excludes halogenated alkanes) is 1. The number of aromatic nitrogens is 4. The number of aryl methyl sites for hydroxylation is 1. The lowest BCUT2D eigenvalue weighted by atomic mass is 9.97. The van der Waals surface area contributed by atoms with Crippen molar-refractivity contribution in [1.29, 1.82) is 0 Å². The Morgan fingerprint density at radius 1 is 1.08 bits per heavy atom. The van der Waals surface area contributed by atoms with Crippen LogP contribution in [0.25, 0.3) is 11.1 Å². The zero-order valence-electron chi connectivity index (χ0n) is 26.4. The highest BCUT2D eigenvalue weighted by molar-refractivity contribution is 7.33. The third kappa shape index (κ3) is 7.90. The number of anilines is 4. The first-order valence-electron chi connectivity index (χ1n) is 15.0. The van der Waals surface area contributed by atoms with E-state index in [1.165, 1.54) is 12.0 Å². The predicted octanol–water partition coefficient (Wildman–Crippen LogP) is 6.42. The van der Waals surface area contributed by atoms with Crippen LogP contribution in [0, 0.1) is 0 Å². The van der Waals surface area contributed by atoms with Crippen molar-refractivity contribution in [2.75, 3.05) is 38.0 Å². The van der Waals surface area contributed by atoms with Gasteiger partial charge in [-0.2, -0.15) is 23.3 Å². The van der Waals surface area contributed by atoms with Gasteiger partial charge in [-0.3, -0.25) is 9.48 Å². The van der Waals surface area contributed by atoms with E-state index in [1.807, 2.05) is 6.20 Å². The van der Waals surface area contributed by atoms with Crippen LogP contribution in [0.1, 0.15) is 46.8 Å². The van der Waals surface area contributed by atoms with Crippen LogP contribution in [0.4, 0.5) is 36.3 Å². The molecule has 254 valence electrons. The normalized spacial score (nSPS) is 13.1. The number of alkyl halides is 3. The summed E-state index contributed by atoms with van der Waals surface area (Å²) in [5.74, 6) is -0.778. The Balaban J connectivity index is 1.45. The van der Waals surface area contributed by atoms with Crippen molar-refractivity contribution in [1.82, 2.24) is 24.6 Å². The van der Waals surface area contributed by atoms with E-state index in [0.29, 0.717) is 41.7 Å². The fourth-order valence-corrected chi connectivity index (χ4v) is 5.67. The molecule has 2 aromatic carbocycles. The number of aliphatic hydroxyl groups is 1. The summed E-state index contributed by atoms with van der Waals surface area (Å²) < 4.78 is 71.4. The van der Waals surface area contributed by atoms with Gasteiger partial charge < -0.3 is 25.4 Å². The maximum absolute atomic E-state index is 14.2. The Morgan fingerprint density at radius 2 is 1.88 bits per heavy atom. The van der Waals surface area contributed by atoms with Gasteiger partial charge in [0.1, 0.15) is 30.3 Å². The minimum absolute atomic E-state index is 0.0271. The van der Waals surface area contributed by atoms with E-state index in [4.69, 9.17) is 18.9 Å². The van der Waals surface area contributed by atoms with Crippen molar-refractivity contribution in [3.05, 3.63) is 71.2 Å². The van der Waals surface area contributed by atoms with E-state index in [2.05, 4.69) is 25.7 Å². The molecule has 13 nitrogen and oxygen atoms in total. The summed E-state index contributed by atoms with van der Waals surface area (Å²) >= 11 is 0. The highest BCUT2D eigenvalue weighted by Gasteiger charge is 2.37. The number of fused-ring (bicyclic) bond motifs is 1. The number of benzene rings is 2. The Morgan fingerprint density at radius 3 is 2.60 bits per heavy atom. The summed E-state index contributed by atoms with van der Waals surface area (Å²) in [5.41, 5.74) is 2.34. The van der Waals surface area contributed by atoms with E-state index in [9.17, 15) is 22.5 Å². The van der Waals surface area contributed by atoms with E-state index in [0.717, 1.165) is 17.5 Å². The van der Waals surface area contributed by atoms with E-state index >= 15 is 0 Å². The van der Waals surface area contributed by atoms with Crippen LogP contribution in [0.2, 0.25) is 0 Å². The number of carbonyl (C=O) groups excluding carboxylic acids is 1. The minimum atomic E-state index is -4.81. The number of amides is 1. The van der Waals surface area contributed by atoms with E-state index < -0.39 is 25.8 Å². The highest BCUT2D eigenvalue weighted by atomic mass is 31.1. The van der Waals surface area contributed by atoms with Gasteiger partial charge in [0.05, 0.1) is 30.2 Å². The monoisotopic (exact) mass is 688 g/mol. The fourth-order valence-electron chi connectivity index (χ4n) is 5.13. The largest absolute Gasteiger partial charge is 0.697 e. The number of carbonyl (C=O) groups is 1. The molecule has 5 rings (SSSR count). The molecule has 3 N–H and O–H groups in total.